The minimum Gasteiger partial charge on any atom is -0.349 e. The molecular formula is C35H44N10O4. The van der Waals surface area contributed by atoms with Crippen LogP contribution in [0.15, 0.2) is 61.1 Å². The maximum absolute atomic E-state index is 14.0. The van der Waals surface area contributed by atoms with Crippen LogP contribution in [0.1, 0.15) is 56.2 Å². The first-order chi connectivity index (χ1) is 23.8. The van der Waals surface area contributed by atoms with Crippen LogP contribution in [0, 0.1) is 0 Å². The molecule has 0 saturated carbocycles. The second-order valence-electron chi connectivity index (χ2n) is 13.8. The number of amides is 5. The Bertz CT molecular complexity index is 1630. The number of likely N-dealkylation sites (tertiary alicyclic amines) is 1. The van der Waals surface area contributed by atoms with E-state index in [4.69, 9.17) is 0 Å². The Morgan fingerprint density at radius 3 is 2.51 bits per heavy atom. The van der Waals surface area contributed by atoms with E-state index in [9.17, 15) is 19.2 Å². The molecule has 7 heterocycles. The van der Waals surface area contributed by atoms with Crippen molar-refractivity contribution >= 4 is 29.4 Å². The Morgan fingerprint density at radius 1 is 0.959 bits per heavy atom. The molecule has 14 nitrogen and oxygen atoms in total. The highest BCUT2D eigenvalue weighted by Crippen LogP contribution is 2.31. The van der Waals surface area contributed by atoms with Crippen LogP contribution >= 0.6 is 0 Å². The zero-order valence-electron chi connectivity index (χ0n) is 27.7. The van der Waals surface area contributed by atoms with Crippen molar-refractivity contribution in [2.24, 2.45) is 0 Å². The first kappa shape index (κ1) is 32.7. The summed E-state index contributed by atoms with van der Waals surface area (Å²) in [6.07, 6.45) is 9.55. The summed E-state index contributed by atoms with van der Waals surface area (Å²) in [6, 6.07) is 12.0. The Labute approximate surface area is 285 Å². The topological polar surface area (TPSA) is 158 Å². The number of fused-ring (bicyclic) bond motifs is 7. The molecular weight excluding hydrogens is 624 g/mol. The zero-order valence-corrected chi connectivity index (χ0v) is 27.7. The SMILES string of the molecule is O=C1CC2(CCN(C(=O)Nc3ccccc3)CC2)NC(=O)[C@@H]2CCCN2C2CCN(CC2)C(=O)[C@@H](Cc2cn(Cc3cccnc3)nn2)N1. The van der Waals surface area contributed by atoms with Crippen molar-refractivity contribution in [3.05, 3.63) is 72.3 Å². The van der Waals surface area contributed by atoms with Crippen molar-refractivity contribution in [2.75, 3.05) is 38.0 Å². The second kappa shape index (κ2) is 14.3. The summed E-state index contributed by atoms with van der Waals surface area (Å²) in [5.74, 6) is -0.502. The lowest BCUT2D eigenvalue weighted by Gasteiger charge is -2.45. The van der Waals surface area contributed by atoms with Gasteiger partial charge < -0.3 is 25.8 Å². The van der Waals surface area contributed by atoms with Crippen LogP contribution in [0.5, 0.6) is 0 Å². The largest absolute Gasteiger partial charge is 0.349 e. The molecule has 5 saturated heterocycles. The number of aromatic nitrogens is 4. The van der Waals surface area contributed by atoms with Gasteiger partial charge in [-0.1, -0.05) is 29.5 Å². The van der Waals surface area contributed by atoms with E-state index >= 15 is 0 Å². The Hall–Kier alpha value is -4.85. The lowest BCUT2D eigenvalue weighted by Crippen LogP contribution is -2.63. The minimum absolute atomic E-state index is 0.000506. The summed E-state index contributed by atoms with van der Waals surface area (Å²) in [7, 11) is 0. The van der Waals surface area contributed by atoms with Crippen molar-refractivity contribution in [3.63, 3.8) is 0 Å². The van der Waals surface area contributed by atoms with Gasteiger partial charge in [0.25, 0.3) is 0 Å². The predicted molar refractivity (Wildman–Crippen MR) is 180 cm³/mol. The molecule has 5 aliphatic rings. The van der Waals surface area contributed by atoms with Gasteiger partial charge in [0.05, 0.1) is 23.8 Å². The van der Waals surface area contributed by atoms with Gasteiger partial charge in [-0.3, -0.25) is 24.3 Å². The summed E-state index contributed by atoms with van der Waals surface area (Å²) in [5.41, 5.74) is 1.42. The molecule has 5 aliphatic heterocycles. The fourth-order valence-electron chi connectivity index (χ4n) is 7.85. The number of anilines is 1. The third-order valence-corrected chi connectivity index (χ3v) is 10.5. The molecule has 3 N–H and O–H groups in total. The Kier molecular flexibility index (Phi) is 9.56. The van der Waals surface area contributed by atoms with E-state index in [1.807, 2.05) is 47.4 Å². The van der Waals surface area contributed by atoms with E-state index in [0.29, 0.717) is 56.9 Å². The average molecular weight is 669 g/mol. The number of nitrogens with zero attached hydrogens (tertiary/aromatic N) is 7. The van der Waals surface area contributed by atoms with Crippen LogP contribution in [-0.2, 0) is 27.3 Å². The molecule has 1 aromatic carbocycles. The first-order valence-electron chi connectivity index (χ1n) is 17.4. The lowest BCUT2D eigenvalue weighted by molar-refractivity contribution is -0.140. The summed E-state index contributed by atoms with van der Waals surface area (Å²) < 4.78 is 1.70. The summed E-state index contributed by atoms with van der Waals surface area (Å²) in [5, 5.41) is 17.9. The zero-order chi connectivity index (χ0) is 33.8. The quantitative estimate of drug-likeness (QED) is 0.372. The van der Waals surface area contributed by atoms with Crippen molar-refractivity contribution in [3.8, 4) is 0 Å². The number of nitrogens with one attached hydrogen (secondary N) is 3. The molecule has 2 atom stereocenters. The average Bonchev–Trinajstić information content (AvgIpc) is 3.79. The number of pyridine rings is 1. The third kappa shape index (κ3) is 7.58. The summed E-state index contributed by atoms with van der Waals surface area (Å²) in [6.45, 7) is 3.21. The van der Waals surface area contributed by atoms with E-state index < -0.39 is 11.6 Å². The lowest BCUT2D eigenvalue weighted by atomic mass is 9.83. The summed E-state index contributed by atoms with van der Waals surface area (Å²) in [4.78, 5) is 65.1. The minimum atomic E-state index is -0.858. The Morgan fingerprint density at radius 2 is 1.76 bits per heavy atom. The van der Waals surface area contributed by atoms with Gasteiger partial charge in [-0.05, 0) is 68.8 Å². The highest BCUT2D eigenvalue weighted by molar-refractivity contribution is 5.90. The summed E-state index contributed by atoms with van der Waals surface area (Å²) >= 11 is 0. The standard InChI is InChI=1S/C35H44N10O4/c46-31-21-35(12-18-43(19-13-35)34(49)37-26-7-2-1-3-8-26)39-32(47)30-9-5-15-45(30)28-10-16-42(17-11-28)33(48)29(38-31)20-27-24-44(41-40-27)23-25-6-4-14-36-22-25/h1-4,6-8,14,22,24,28-30H,5,9-13,15-21,23H2,(H,37,49)(H,38,46)(H,39,47)/t29-,30+/m1/s1. The number of urea groups is 1. The van der Waals surface area contributed by atoms with Crippen molar-refractivity contribution in [2.45, 2.75) is 81.6 Å². The van der Waals surface area contributed by atoms with Crippen LogP contribution in [0.4, 0.5) is 10.5 Å². The van der Waals surface area contributed by atoms with Gasteiger partial charge in [-0.25, -0.2) is 9.48 Å². The highest BCUT2D eigenvalue weighted by atomic mass is 16.2. The van der Waals surface area contributed by atoms with Crippen molar-refractivity contribution in [1.82, 2.24) is 45.3 Å². The number of para-hydroxylation sites is 1. The Balaban J connectivity index is 1.10. The van der Waals surface area contributed by atoms with Gasteiger partial charge in [0, 0.05) is 69.3 Å². The molecule has 5 fully saturated rings. The monoisotopic (exact) mass is 668 g/mol. The van der Waals surface area contributed by atoms with E-state index in [0.717, 1.165) is 37.8 Å². The number of carbonyl (C=O) groups excluding carboxylic acids is 4. The number of hydrogen-bond donors (Lipinski definition) is 3. The molecule has 0 aliphatic carbocycles. The van der Waals surface area contributed by atoms with Crippen LogP contribution in [0.25, 0.3) is 0 Å². The third-order valence-electron chi connectivity index (χ3n) is 10.5. The van der Waals surface area contributed by atoms with Crippen LogP contribution < -0.4 is 16.0 Å². The van der Waals surface area contributed by atoms with Gasteiger partial charge in [-0.15, -0.1) is 5.10 Å². The molecule has 3 aromatic rings. The number of carbonyl (C=O) groups is 4. The molecule has 8 rings (SSSR count). The van der Waals surface area contributed by atoms with Crippen LogP contribution in [0.3, 0.4) is 0 Å². The van der Waals surface area contributed by atoms with E-state index in [1.54, 1.807) is 28.2 Å². The van der Waals surface area contributed by atoms with Gasteiger partial charge in [0.2, 0.25) is 17.7 Å². The van der Waals surface area contributed by atoms with Crippen LogP contribution in [0.2, 0.25) is 0 Å². The fraction of sp³-hybridized carbons (Fsp3) is 0.514. The molecule has 258 valence electrons. The highest BCUT2D eigenvalue weighted by Gasteiger charge is 2.45. The maximum Gasteiger partial charge on any atom is 0.321 e. The molecule has 2 aromatic heterocycles. The smallest absolute Gasteiger partial charge is 0.321 e. The van der Waals surface area contributed by atoms with E-state index in [1.165, 1.54) is 0 Å². The number of piperidine rings is 2. The molecule has 0 radical (unpaired) electrons. The number of rotatable bonds is 5. The van der Waals surface area contributed by atoms with Gasteiger partial charge in [-0.2, -0.15) is 0 Å². The predicted octanol–water partition coefficient (Wildman–Crippen LogP) is 1.79. The van der Waals surface area contributed by atoms with Crippen LogP contribution in [-0.4, -0.2) is 115 Å². The molecule has 1 spiro atoms. The molecule has 2 bridgehead atoms. The normalized spacial score (nSPS) is 23.6. The van der Waals surface area contributed by atoms with Crippen molar-refractivity contribution < 1.29 is 19.2 Å². The molecule has 14 heteroatoms. The molecule has 49 heavy (non-hydrogen) atoms. The second-order valence-corrected chi connectivity index (χ2v) is 13.8. The van der Waals surface area contributed by atoms with Gasteiger partial charge in [0.1, 0.15) is 6.04 Å². The first-order valence-corrected chi connectivity index (χ1v) is 17.4. The van der Waals surface area contributed by atoms with E-state index in [2.05, 4.69) is 36.1 Å². The number of benzene rings is 1. The number of hydrogen-bond acceptors (Lipinski definition) is 8. The fourth-order valence-corrected chi connectivity index (χ4v) is 7.85. The van der Waals surface area contributed by atoms with Gasteiger partial charge >= 0.3 is 6.03 Å². The van der Waals surface area contributed by atoms with Gasteiger partial charge in [0.15, 0.2) is 0 Å². The molecule has 0 unspecified atom stereocenters. The van der Waals surface area contributed by atoms with Crippen molar-refractivity contribution in [1.29, 1.82) is 0 Å². The molecule has 5 amide bonds. The maximum atomic E-state index is 14.0. The van der Waals surface area contributed by atoms with E-state index in [-0.39, 0.29) is 48.7 Å².